The number of hydrogen-bond donors (Lipinski definition) is 2. The van der Waals surface area contributed by atoms with Gasteiger partial charge in [0.05, 0.1) is 0 Å². The second-order valence-electron chi connectivity index (χ2n) is 4.55. The van der Waals surface area contributed by atoms with Crippen molar-refractivity contribution >= 4 is 11.6 Å². The maximum atomic E-state index is 11.5. The fraction of sp³-hybridized carbons (Fsp3) is 0.200. The Bertz CT molecular complexity index is 655. The lowest BCUT2D eigenvalue weighted by molar-refractivity contribution is 0.0958. The van der Waals surface area contributed by atoms with E-state index in [4.69, 9.17) is 4.74 Å². The van der Waals surface area contributed by atoms with E-state index in [-0.39, 0.29) is 5.91 Å². The predicted molar refractivity (Wildman–Crippen MR) is 76.3 cm³/mol. The molecular weight excluding hydrogens is 254 g/mol. The molecule has 0 radical (unpaired) electrons. The number of fused-ring (bicyclic) bond motifs is 1. The molecule has 0 spiro atoms. The van der Waals surface area contributed by atoms with Gasteiger partial charge in [-0.15, -0.1) is 0 Å². The van der Waals surface area contributed by atoms with Gasteiger partial charge in [-0.2, -0.15) is 0 Å². The van der Waals surface area contributed by atoms with E-state index in [0.29, 0.717) is 11.4 Å². The first-order valence-electron chi connectivity index (χ1n) is 6.49. The van der Waals surface area contributed by atoms with Crippen LogP contribution < -0.4 is 15.4 Å². The maximum absolute atomic E-state index is 11.5. The molecule has 3 rings (SSSR count). The van der Waals surface area contributed by atoms with E-state index in [0.717, 1.165) is 24.4 Å². The molecule has 1 amide bonds. The lowest BCUT2D eigenvalue weighted by Gasteiger charge is -2.08. The molecule has 0 aliphatic carbocycles. The predicted octanol–water partition coefficient (Wildman–Crippen LogP) is 2.20. The van der Waals surface area contributed by atoms with E-state index >= 15 is 0 Å². The van der Waals surface area contributed by atoms with Crippen LogP contribution in [-0.2, 0) is 6.42 Å². The molecule has 1 aliphatic heterocycles. The van der Waals surface area contributed by atoms with E-state index in [2.05, 4.69) is 15.6 Å². The number of nitrogens with zero attached hydrogens (tertiary/aromatic N) is 1. The minimum absolute atomic E-state index is 0.228. The third-order valence-corrected chi connectivity index (χ3v) is 3.21. The number of benzene rings is 1. The van der Waals surface area contributed by atoms with Crippen molar-refractivity contribution < 1.29 is 9.53 Å². The zero-order chi connectivity index (χ0) is 13.9. The summed E-state index contributed by atoms with van der Waals surface area (Å²) < 4.78 is 5.79. The second-order valence-corrected chi connectivity index (χ2v) is 4.55. The molecule has 0 saturated heterocycles. The molecule has 102 valence electrons. The fourth-order valence-corrected chi connectivity index (χ4v) is 2.21. The Kier molecular flexibility index (Phi) is 3.25. The number of carbonyl (C=O) groups excluding carboxylic acids is 1. The van der Waals surface area contributed by atoms with Gasteiger partial charge in [-0.1, -0.05) is 0 Å². The molecule has 1 aliphatic rings. The lowest BCUT2D eigenvalue weighted by atomic mass is 10.1. The van der Waals surface area contributed by atoms with Gasteiger partial charge < -0.3 is 15.4 Å². The summed E-state index contributed by atoms with van der Waals surface area (Å²) in [5, 5.41) is 5.85. The van der Waals surface area contributed by atoms with Crippen molar-refractivity contribution in [2.75, 3.05) is 18.9 Å². The first-order chi connectivity index (χ1) is 9.76. The van der Waals surface area contributed by atoms with Crippen molar-refractivity contribution in [1.29, 1.82) is 0 Å². The molecule has 0 bridgehead atoms. The Labute approximate surface area is 117 Å². The topological polar surface area (TPSA) is 63.2 Å². The lowest BCUT2D eigenvalue weighted by Crippen LogP contribution is -2.18. The van der Waals surface area contributed by atoms with E-state index in [9.17, 15) is 4.79 Å². The zero-order valence-corrected chi connectivity index (χ0v) is 11.1. The highest BCUT2D eigenvalue weighted by atomic mass is 16.5. The molecule has 2 aromatic rings. The normalized spacial score (nSPS) is 12.4. The van der Waals surface area contributed by atoms with Crippen molar-refractivity contribution in [3.05, 3.63) is 47.8 Å². The van der Waals surface area contributed by atoms with Crippen LogP contribution in [-0.4, -0.2) is 24.5 Å². The van der Waals surface area contributed by atoms with Crippen LogP contribution in [0.4, 0.5) is 5.69 Å². The molecule has 5 nitrogen and oxygen atoms in total. The van der Waals surface area contributed by atoms with Gasteiger partial charge in [0.2, 0.25) is 0 Å². The molecule has 0 saturated carbocycles. The summed E-state index contributed by atoms with van der Waals surface area (Å²) in [6, 6.07) is 9.31. The largest absolute Gasteiger partial charge is 0.457 e. The van der Waals surface area contributed by atoms with Crippen LogP contribution in [0.25, 0.3) is 0 Å². The number of anilines is 1. The van der Waals surface area contributed by atoms with Gasteiger partial charge in [-0.3, -0.25) is 9.78 Å². The summed E-state index contributed by atoms with van der Waals surface area (Å²) in [5.41, 5.74) is 2.76. The van der Waals surface area contributed by atoms with Crippen LogP contribution >= 0.6 is 0 Å². The number of nitrogens with one attached hydrogen (secondary N) is 2. The molecule has 0 fully saturated rings. The van der Waals surface area contributed by atoms with E-state index < -0.39 is 0 Å². The minimum atomic E-state index is -0.228. The molecule has 2 heterocycles. The van der Waals surface area contributed by atoms with Gasteiger partial charge in [-0.25, -0.2) is 0 Å². The quantitative estimate of drug-likeness (QED) is 0.896. The van der Waals surface area contributed by atoms with Gasteiger partial charge in [-0.05, 0) is 36.2 Å². The molecule has 1 aromatic heterocycles. The van der Waals surface area contributed by atoms with Crippen molar-refractivity contribution in [1.82, 2.24) is 10.3 Å². The number of aromatic nitrogens is 1. The highest BCUT2D eigenvalue weighted by Crippen LogP contribution is 2.29. The average molecular weight is 269 g/mol. The highest BCUT2D eigenvalue weighted by molar-refractivity contribution is 5.92. The van der Waals surface area contributed by atoms with Crippen molar-refractivity contribution in [3.63, 3.8) is 0 Å². The summed E-state index contributed by atoms with van der Waals surface area (Å²) >= 11 is 0. The van der Waals surface area contributed by atoms with Gasteiger partial charge in [0.1, 0.15) is 17.2 Å². The van der Waals surface area contributed by atoms with Gasteiger partial charge in [0.25, 0.3) is 5.91 Å². The SMILES string of the molecule is CNC(=O)c1cc(Oc2ccc3c(c2)CCN3)ccn1. The smallest absolute Gasteiger partial charge is 0.269 e. The first kappa shape index (κ1) is 12.5. The molecule has 2 N–H and O–H groups in total. The van der Waals surface area contributed by atoms with Crippen LogP contribution in [0.2, 0.25) is 0 Å². The first-order valence-corrected chi connectivity index (χ1v) is 6.49. The Morgan fingerprint density at radius 2 is 2.15 bits per heavy atom. The summed E-state index contributed by atoms with van der Waals surface area (Å²) in [6.45, 7) is 0.967. The number of carbonyl (C=O) groups is 1. The molecule has 0 atom stereocenters. The second kappa shape index (κ2) is 5.21. The van der Waals surface area contributed by atoms with Gasteiger partial charge >= 0.3 is 0 Å². The summed E-state index contributed by atoms with van der Waals surface area (Å²) in [7, 11) is 1.57. The van der Waals surface area contributed by atoms with E-state index in [1.807, 2.05) is 18.2 Å². The van der Waals surface area contributed by atoms with Crippen LogP contribution in [0.3, 0.4) is 0 Å². The van der Waals surface area contributed by atoms with Crippen LogP contribution in [0.1, 0.15) is 16.1 Å². The zero-order valence-electron chi connectivity index (χ0n) is 11.1. The van der Waals surface area contributed by atoms with Crippen molar-refractivity contribution in [2.24, 2.45) is 0 Å². The number of amides is 1. The monoisotopic (exact) mass is 269 g/mol. The third-order valence-electron chi connectivity index (χ3n) is 3.21. The summed E-state index contributed by atoms with van der Waals surface area (Å²) in [4.78, 5) is 15.5. The number of pyridine rings is 1. The molecule has 1 aromatic carbocycles. The molecule has 20 heavy (non-hydrogen) atoms. The van der Waals surface area contributed by atoms with Crippen molar-refractivity contribution in [2.45, 2.75) is 6.42 Å². The van der Waals surface area contributed by atoms with Crippen LogP contribution in [0, 0.1) is 0 Å². The minimum Gasteiger partial charge on any atom is -0.457 e. The Hall–Kier alpha value is -2.56. The Morgan fingerprint density at radius 3 is 3.00 bits per heavy atom. The summed E-state index contributed by atoms with van der Waals surface area (Å²) in [5.74, 6) is 1.14. The van der Waals surface area contributed by atoms with E-state index in [1.165, 1.54) is 5.56 Å². The van der Waals surface area contributed by atoms with Gasteiger partial charge in [0, 0.05) is 31.5 Å². The van der Waals surface area contributed by atoms with Crippen LogP contribution in [0.15, 0.2) is 36.5 Å². The van der Waals surface area contributed by atoms with Crippen molar-refractivity contribution in [3.8, 4) is 11.5 Å². The maximum Gasteiger partial charge on any atom is 0.269 e. The molecular formula is C15H15N3O2. The number of rotatable bonds is 3. The third kappa shape index (κ3) is 2.42. The van der Waals surface area contributed by atoms with Gasteiger partial charge in [0.15, 0.2) is 0 Å². The number of hydrogen-bond acceptors (Lipinski definition) is 4. The standard InChI is InChI=1S/C15H15N3O2/c1-16-15(19)14-9-12(5-7-18-14)20-11-2-3-13-10(8-11)4-6-17-13/h2-3,5,7-9,17H,4,6H2,1H3,(H,16,19). The summed E-state index contributed by atoms with van der Waals surface area (Å²) in [6.07, 6.45) is 2.57. The fourth-order valence-electron chi connectivity index (χ4n) is 2.21. The highest BCUT2D eigenvalue weighted by Gasteiger charge is 2.11. The molecule has 0 unspecified atom stereocenters. The Morgan fingerprint density at radius 1 is 1.30 bits per heavy atom. The number of ether oxygens (including phenoxy) is 1. The Balaban J connectivity index is 1.82. The van der Waals surface area contributed by atoms with Crippen LogP contribution in [0.5, 0.6) is 11.5 Å². The average Bonchev–Trinajstić information content (AvgIpc) is 2.94. The van der Waals surface area contributed by atoms with E-state index in [1.54, 1.807) is 25.4 Å². The molecule has 5 heteroatoms.